The Morgan fingerprint density at radius 1 is 1.14 bits per heavy atom. The van der Waals surface area contributed by atoms with Crippen molar-refractivity contribution in [3.8, 4) is 5.75 Å². The van der Waals surface area contributed by atoms with Gasteiger partial charge in [0, 0.05) is 11.5 Å². The summed E-state index contributed by atoms with van der Waals surface area (Å²) in [6.07, 6.45) is 0.933. The number of nitrogens with zero attached hydrogens (tertiary/aromatic N) is 1. The van der Waals surface area contributed by atoms with E-state index in [-0.39, 0.29) is 0 Å². The number of nitrogens with one attached hydrogen (secondary N) is 2. The molecule has 0 aliphatic heterocycles. The quantitative estimate of drug-likeness (QED) is 0.573. The monoisotopic (exact) mass is 380 g/mol. The van der Waals surface area contributed by atoms with Crippen LogP contribution in [0.4, 0.5) is 16.2 Å². The number of nitrogen functional groups attached to an aromatic ring is 1. The number of nitrogens with two attached hydrogens (primary N) is 1. The third-order valence-electron chi connectivity index (χ3n) is 3.81. The van der Waals surface area contributed by atoms with E-state index in [1.54, 1.807) is 20.8 Å². The number of pyridine rings is 1. The van der Waals surface area contributed by atoms with Crippen molar-refractivity contribution in [1.82, 2.24) is 10.4 Å². The summed E-state index contributed by atoms with van der Waals surface area (Å²) in [5.74, 6) is 0.694. The van der Waals surface area contributed by atoms with Gasteiger partial charge in [-0.3, -0.25) is 10.4 Å². The van der Waals surface area contributed by atoms with Crippen LogP contribution in [0.5, 0.6) is 5.75 Å². The highest BCUT2D eigenvalue weighted by Gasteiger charge is 2.16. The molecule has 4 N–H and O–H groups in total. The molecule has 0 aliphatic carbocycles. The summed E-state index contributed by atoms with van der Waals surface area (Å²) < 4.78 is 11.1. The zero-order valence-corrected chi connectivity index (χ0v) is 16.2. The average molecular weight is 380 g/mol. The maximum absolute atomic E-state index is 11.9. The third kappa shape index (κ3) is 5.03. The fraction of sp³-hybridized carbons (Fsp3) is 0.238. The molecular formula is C21H24N4O3. The van der Waals surface area contributed by atoms with Crippen molar-refractivity contribution in [2.75, 3.05) is 11.2 Å². The van der Waals surface area contributed by atoms with Crippen LogP contribution in [0, 0.1) is 0 Å². The number of anilines is 2. The number of carbonyl (C=O) groups is 1. The molecule has 0 radical (unpaired) electrons. The van der Waals surface area contributed by atoms with Crippen molar-refractivity contribution in [2.45, 2.75) is 33.0 Å². The molecule has 1 heterocycles. The lowest BCUT2D eigenvalue weighted by atomic mass is 10.1. The van der Waals surface area contributed by atoms with Gasteiger partial charge in [0.1, 0.15) is 18.0 Å². The molecular weight excluding hydrogens is 356 g/mol. The number of carbonyl (C=O) groups excluding carboxylic acids is 1. The highest BCUT2D eigenvalue weighted by molar-refractivity contribution is 5.97. The number of hydrogen-bond acceptors (Lipinski definition) is 6. The van der Waals surface area contributed by atoms with Gasteiger partial charge in [-0.05, 0) is 38.5 Å². The Morgan fingerprint density at radius 2 is 1.89 bits per heavy atom. The number of amides is 1. The van der Waals surface area contributed by atoms with Crippen molar-refractivity contribution >= 4 is 28.4 Å². The van der Waals surface area contributed by atoms with Gasteiger partial charge in [0.2, 0.25) is 0 Å². The first kappa shape index (κ1) is 19.3. The van der Waals surface area contributed by atoms with Crippen molar-refractivity contribution < 1.29 is 14.3 Å². The Morgan fingerprint density at radius 3 is 2.61 bits per heavy atom. The number of benzene rings is 2. The molecule has 0 saturated heterocycles. The van der Waals surface area contributed by atoms with Gasteiger partial charge in [0.15, 0.2) is 0 Å². The second kappa shape index (κ2) is 8.04. The first-order valence-corrected chi connectivity index (χ1v) is 8.92. The smallest absolute Gasteiger partial charge is 0.426 e. The summed E-state index contributed by atoms with van der Waals surface area (Å²) in [6, 6.07) is 15.4. The Labute approximate surface area is 163 Å². The van der Waals surface area contributed by atoms with E-state index in [1.165, 1.54) is 6.20 Å². The molecule has 146 valence electrons. The van der Waals surface area contributed by atoms with Gasteiger partial charge in [-0.15, -0.1) is 0 Å². The van der Waals surface area contributed by atoms with Gasteiger partial charge < -0.3 is 15.2 Å². The Hall–Kier alpha value is -3.48. The number of aromatic nitrogens is 1. The lowest BCUT2D eigenvalue weighted by molar-refractivity contribution is 0.0541. The fourth-order valence-electron chi connectivity index (χ4n) is 2.58. The summed E-state index contributed by atoms with van der Waals surface area (Å²) >= 11 is 0. The average Bonchev–Trinajstić information content (AvgIpc) is 2.65. The van der Waals surface area contributed by atoms with Crippen LogP contribution < -0.4 is 21.3 Å². The van der Waals surface area contributed by atoms with Crippen molar-refractivity contribution in [3.63, 3.8) is 0 Å². The van der Waals surface area contributed by atoms with Crippen LogP contribution >= 0.6 is 0 Å². The highest BCUT2D eigenvalue weighted by Crippen LogP contribution is 2.30. The first-order valence-electron chi connectivity index (χ1n) is 8.92. The van der Waals surface area contributed by atoms with E-state index in [0.717, 1.165) is 10.9 Å². The number of hydrazine groups is 1. The van der Waals surface area contributed by atoms with Crippen molar-refractivity contribution in [3.05, 3.63) is 60.3 Å². The topological polar surface area (TPSA) is 98.5 Å². The number of hydrogen-bond donors (Lipinski definition) is 3. The molecule has 7 nitrogen and oxygen atoms in total. The van der Waals surface area contributed by atoms with E-state index < -0.39 is 11.7 Å². The van der Waals surface area contributed by atoms with Crippen LogP contribution in [-0.4, -0.2) is 16.7 Å². The van der Waals surface area contributed by atoms with Gasteiger partial charge >= 0.3 is 6.09 Å². The zero-order chi connectivity index (χ0) is 20.1. The van der Waals surface area contributed by atoms with Crippen molar-refractivity contribution in [2.24, 2.45) is 0 Å². The van der Waals surface area contributed by atoms with Gasteiger partial charge in [0.25, 0.3) is 0 Å². The maximum atomic E-state index is 11.9. The molecule has 1 aromatic heterocycles. The Balaban J connectivity index is 1.74. The minimum absolute atomic E-state index is 0.404. The fourth-order valence-corrected chi connectivity index (χ4v) is 2.58. The molecule has 1 amide bonds. The molecule has 0 atom stereocenters. The molecule has 0 aliphatic rings. The second-order valence-corrected chi connectivity index (χ2v) is 7.29. The summed E-state index contributed by atoms with van der Waals surface area (Å²) in [5.41, 5.74) is 13.5. The molecule has 0 bridgehead atoms. The van der Waals surface area contributed by atoms with E-state index >= 15 is 0 Å². The first-order chi connectivity index (χ1) is 13.3. The predicted molar refractivity (Wildman–Crippen MR) is 110 cm³/mol. The van der Waals surface area contributed by atoms with Gasteiger partial charge in [-0.1, -0.05) is 30.3 Å². The van der Waals surface area contributed by atoms with E-state index in [9.17, 15) is 4.79 Å². The predicted octanol–water partition coefficient (Wildman–Crippen LogP) is 4.25. The molecule has 3 rings (SSSR count). The second-order valence-electron chi connectivity index (χ2n) is 7.29. The lowest BCUT2D eigenvalue weighted by Gasteiger charge is -2.20. The van der Waals surface area contributed by atoms with Crippen molar-refractivity contribution in [1.29, 1.82) is 0 Å². The molecule has 7 heteroatoms. The highest BCUT2D eigenvalue weighted by atomic mass is 16.6. The van der Waals surface area contributed by atoms with Gasteiger partial charge in [-0.25, -0.2) is 10.2 Å². The minimum Gasteiger partial charge on any atom is -0.489 e. The normalized spacial score (nSPS) is 11.1. The molecule has 2 aromatic carbocycles. The maximum Gasteiger partial charge on any atom is 0.426 e. The Bertz CT molecular complexity index is 969. The largest absolute Gasteiger partial charge is 0.489 e. The van der Waals surface area contributed by atoms with Gasteiger partial charge in [-0.2, -0.15) is 0 Å². The molecule has 28 heavy (non-hydrogen) atoms. The summed E-state index contributed by atoms with van der Waals surface area (Å²) in [6.45, 7) is 5.84. The molecule has 3 aromatic rings. The van der Waals surface area contributed by atoms with Crippen LogP contribution in [0.25, 0.3) is 10.9 Å². The third-order valence-corrected chi connectivity index (χ3v) is 3.81. The molecule has 0 saturated carbocycles. The van der Waals surface area contributed by atoms with Crippen LogP contribution in [0.3, 0.4) is 0 Å². The SMILES string of the molecule is CC(C)(C)OC(=O)NNc1c(N)cnc2cc(OCc3ccccc3)ccc12. The number of ether oxygens (including phenoxy) is 2. The minimum atomic E-state index is -0.598. The summed E-state index contributed by atoms with van der Waals surface area (Å²) in [5, 5.41) is 0.753. The standard InChI is InChI=1S/C21H24N4O3/c1-21(2,3)28-20(26)25-24-19-16-10-9-15(11-18(16)23-12-17(19)22)27-13-14-7-5-4-6-8-14/h4-12H,13,22H2,1-3H3,(H,23,24)(H,25,26). The molecule has 0 fully saturated rings. The van der Waals surface area contributed by atoms with E-state index in [2.05, 4.69) is 15.8 Å². The number of rotatable bonds is 5. The van der Waals surface area contributed by atoms with E-state index in [1.807, 2.05) is 48.5 Å². The van der Waals surface area contributed by atoms with Crippen LogP contribution in [-0.2, 0) is 11.3 Å². The zero-order valence-electron chi connectivity index (χ0n) is 16.2. The number of fused-ring (bicyclic) bond motifs is 1. The van der Waals surface area contributed by atoms with Crippen LogP contribution in [0.2, 0.25) is 0 Å². The summed E-state index contributed by atoms with van der Waals surface area (Å²) in [7, 11) is 0. The van der Waals surface area contributed by atoms with Crippen LogP contribution in [0.15, 0.2) is 54.7 Å². The molecule has 0 unspecified atom stereocenters. The molecule has 0 spiro atoms. The van der Waals surface area contributed by atoms with E-state index in [0.29, 0.717) is 29.2 Å². The van der Waals surface area contributed by atoms with Crippen LogP contribution in [0.1, 0.15) is 26.3 Å². The Kier molecular flexibility index (Phi) is 5.54. The van der Waals surface area contributed by atoms with Gasteiger partial charge in [0.05, 0.1) is 23.1 Å². The van der Waals surface area contributed by atoms with E-state index in [4.69, 9.17) is 15.2 Å². The summed E-state index contributed by atoms with van der Waals surface area (Å²) in [4.78, 5) is 16.2. The lowest BCUT2D eigenvalue weighted by Crippen LogP contribution is -2.36.